The quantitative estimate of drug-likeness (QED) is 0.721. The zero-order valence-corrected chi connectivity index (χ0v) is 13.5. The Morgan fingerprint density at radius 2 is 1.83 bits per heavy atom. The molecule has 23 heavy (non-hydrogen) atoms. The van der Waals surface area contributed by atoms with Gasteiger partial charge in [0.25, 0.3) is 0 Å². The average Bonchev–Trinajstić information content (AvgIpc) is 2.98. The molecule has 2 heterocycles. The molecule has 0 aliphatic rings. The van der Waals surface area contributed by atoms with Crippen LogP contribution in [0.15, 0.2) is 48.7 Å². The van der Waals surface area contributed by atoms with Crippen LogP contribution in [-0.4, -0.2) is 27.4 Å². The van der Waals surface area contributed by atoms with Crippen molar-refractivity contribution in [1.29, 1.82) is 5.26 Å². The summed E-state index contributed by atoms with van der Waals surface area (Å²) < 4.78 is 2.16. The molecule has 0 saturated heterocycles. The molecule has 4 heteroatoms. The minimum Gasteiger partial charge on any atom is -0.302 e. The van der Waals surface area contributed by atoms with Crippen molar-refractivity contribution in [3.05, 3.63) is 59.9 Å². The molecule has 0 radical (unpaired) electrons. The normalized spacial score (nSPS) is 11.0. The summed E-state index contributed by atoms with van der Waals surface area (Å²) in [6.07, 6.45) is 2.06. The number of benzene rings is 1. The van der Waals surface area contributed by atoms with Crippen LogP contribution in [0.25, 0.3) is 16.9 Å². The minimum atomic E-state index is 0.669. The van der Waals surface area contributed by atoms with Crippen molar-refractivity contribution in [1.82, 2.24) is 14.3 Å². The number of fused-ring (bicyclic) bond motifs is 1. The molecule has 0 spiro atoms. The number of nitriles is 1. The van der Waals surface area contributed by atoms with Crippen molar-refractivity contribution >= 4 is 5.65 Å². The number of hydrogen-bond donors (Lipinski definition) is 0. The van der Waals surface area contributed by atoms with E-state index >= 15 is 0 Å². The average molecular weight is 304 g/mol. The molecule has 116 valence electrons. The van der Waals surface area contributed by atoms with Gasteiger partial charge in [-0.05, 0) is 37.4 Å². The molecule has 2 aromatic heterocycles. The Morgan fingerprint density at radius 1 is 1.09 bits per heavy atom. The Kier molecular flexibility index (Phi) is 4.40. The van der Waals surface area contributed by atoms with E-state index in [1.165, 1.54) is 5.69 Å². The van der Waals surface area contributed by atoms with E-state index in [2.05, 4.69) is 35.4 Å². The van der Waals surface area contributed by atoms with E-state index in [-0.39, 0.29) is 0 Å². The second kappa shape index (κ2) is 6.64. The molecular weight excluding hydrogens is 284 g/mol. The highest BCUT2D eigenvalue weighted by atomic mass is 15.1. The molecule has 1 aromatic carbocycles. The highest BCUT2D eigenvalue weighted by molar-refractivity contribution is 5.67. The van der Waals surface area contributed by atoms with E-state index < -0.39 is 0 Å². The van der Waals surface area contributed by atoms with E-state index in [0.717, 1.165) is 36.5 Å². The van der Waals surface area contributed by atoms with Crippen LogP contribution in [0.4, 0.5) is 0 Å². The van der Waals surface area contributed by atoms with Crippen molar-refractivity contribution in [2.75, 3.05) is 13.1 Å². The summed E-state index contributed by atoms with van der Waals surface area (Å²) >= 11 is 0. The maximum absolute atomic E-state index is 8.97. The molecule has 3 rings (SSSR count). The van der Waals surface area contributed by atoms with Crippen molar-refractivity contribution in [3.8, 4) is 17.3 Å². The van der Waals surface area contributed by atoms with Crippen molar-refractivity contribution in [2.24, 2.45) is 0 Å². The summed E-state index contributed by atoms with van der Waals surface area (Å²) in [4.78, 5) is 7.19. The lowest BCUT2D eigenvalue weighted by Crippen LogP contribution is -2.23. The van der Waals surface area contributed by atoms with Crippen molar-refractivity contribution in [3.63, 3.8) is 0 Å². The lowest BCUT2D eigenvalue weighted by molar-refractivity contribution is 0.292. The van der Waals surface area contributed by atoms with Gasteiger partial charge < -0.3 is 4.40 Å². The molecule has 3 aromatic rings. The second-order valence-electron chi connectivity index (χ2n) is 5.49. The fourth-order valence-electron chi connectivity index (χ4n) is 2.79. The first-order valence-corrected chi connectivity index (χ1v) is 7.95. The predicted molar refractivity (Wildman–Crippen MR) is 92.0 cm³/mol. The Hall–Kier alpha value is -2.64. The van der Waals surface area contributed by atoms with Gasteiger partial charge in [0.05, 0.1) is 23.0 Å². The topological polar surface area (TPSA) is 44.3 Å². The highest BCUT2D eigenvalue weighted by Crippen LogP contribution is 2.26. The van der Waals surface area contributed by atoms with E-state index in [1.54, 1.807) is 0 Å². The maximum atomic E-state index is 8.97. The molecule has 4 nitrogen and oxygen atoms in total. The number of hydrogen-bond acceptors (Lipinski definition) is 3. The highest BCUT2D eigenvalue weighted by Gasteiger charge is 2.15. The second-order valence-corrected chi connectivity index (χ2v) is 5.49. The van der Waals surface area contributed by atoms with Gasteiger partial charge in [-0.2, -0.15) is 5.26 Å². The lowest BCUT2D eigenvalue weighted by atomic mass is 10.1. The van der Waals surface area contributed by atoms with Crippen LogP contribution in [-0.2, 0) is 6.54 Å². The third-order valence-electron chi connectivity index (χ3n) is 4.18. The van der Waals surface area contributed by atoms with Crippen LogP contribution in [0.3, 0.4) is 0 Å². The Labute approximate surface area is 136 Å². The molecule has 0 amide bonds. The van der Waals surface area contributed by atoms with Crippen LogP contribution in [0.1, 0.15) is 25.1 Å². The van der Waals surface area contributed by atoms with Gasteiger partial charge in [-0.3, -0.25) is 4.90 Å². The van der Waals surface area contributed by atoms with E-state index in [1.807, 2.05) is 42.5 Å². The largest absolute Gasteiger partial charge is 0.302 e. The molecule has 0 aliphatic carbocycles. The summed E-state index contributed by atoms with van der Waals surface area (Å²) in [5.41, 5.74) is 4.85. The van der Waals surface area contributed by atoms with E-state index in [4.69, 9.17) is 10.2 Å². The van der Waals surface area contributed by atoms with E-state index in [9.17, 15) is 0 Å². The summed E-state index contributed by atoms with van der Waals surface area (Å²) in [6.45, 7) is 7.21. The van der Waals surface area contributed by atoms with E-state index in [0.29, 0.717) is 5.56 Å². The molecule has 0 fully saturated rings. The van der Waals surface area contributed by atoms with Crippen LogP contribution in [0, 0.1) is 11.3 Å². The first-order valence-electron chi connectivity index (χ1n) is 7.95. The van der Waals surface area contributed by atoms with Crippen molar-refractivity contribution in [2.45, 2.75) is 20.4 Å². The molecular formula is C19H20N4. The SMILES string of the molecule is CCN(CC)Cc1c(-c2ccc(C#N)cc2)nc2ccccn12. The van der Waals surface area contributed by atoms with Crippen LogP contribution in [0.5, 0.6) is 0 Å². The van der Waals surface area contributed by atoms with Gasteiger partial charge in [0.15, 0.2) is 0 Å². The molecule has 0 atom stereocenters. The van der Waals surface area contributed by atoms with Crippen LogP contribution >= 0.6 is 0 Å². The number of pyridine rings is 1. The van der Waals surface area contributed by atoms with Crippen LogP contribution in [0.2, 0.25) is 0 Å². The number of imidazole rings is 1. The first-order chi connectivity index (χ1) is 11.3. The molecule has 0 aliphatic heterocycles. The summed E-state index contributed by atoms with van der Waals surface area (Å²) in [6, 6.07) is 15.9. The van der Waals surface area contributed by atoms with Gasteiger partial charge in [0.1, 0.15) is 5.65 Å². The molecule has 0 N–H and O–H groups in total. The zero-order valence-electron chi connectivity index (χ0n) is 13.5. The summed E-state index contributed by atoms with van der Waals surface area (Å²) in [7, 11) is 0. The third kappa shape index (κ3) is 2.96. The summed E-state index contributed by atoms with van der Waals surface area (Å²) in [5.74, 6) is 0. The van der Waals surface area contributed by atoms with Gasteiger partial charge in [-0.15, -0.1) is 0 Å². The van der Waals surface area contributed by atoms with Crippen LogP contribution < -0.4 is 0 Å². The number of rotatable bonds is 5. The van der Waals surface area contributed by atoms with Gasteiger partial charge in [-0.25, -0.2) is 4.98 Å². The lowest BCUT2D eigenvalue weighted by Gasteiger charge is -2.18. The standard InChI is InChI=1S/C19H20N4/c1-3-22(4-2)14-17-19(16-10-8-15(13-20)9-11-16)21-18-7-5-6-12-23(17)18/h5-12H,3-4,14H2,1-2H3. The third-order valence-corrected chi connectivity index (χ3v) is 4.18. The fourth-order valence-corrected chi connectivity index (χ4v) is 2.79. The maximum Gasteiger partial charge on any atom is 0.137 e. The number of nitrogens with zero attached hydrogens (tertiary/aromatic N) is 4. The first kappa shape index (κ1) is 15.3. The molecule has 0 saturated carbocycles. The molecule has 0 unspecified atom stereocenters. The predicted octanol–water partition coefficient (Wildman–Crippen LogP) is 3.71. The van der Waals surface area contributed by atoms with Gasteiger partial charge in [-0.1, -0.05) is 32.0 Å². The zero-order chi connectivity index (χ0) is 16.2. The number of aromatic nitrogens is 2. The van der Waals surface area contributed by atoms with Gasteiger partial charge >= 0.3 is 0 Å². The van der Waals surface area contributed by atoms with Crippen molar-refractivity contribution < 1.29 is 0 Å². The minimum absolute atomic E-state index is 0.669. The van der Waals surface area contributed by atoms with Gasteiger partial charge in [0, 0.05) is 18.3 Å². The van der Waals surface area contributed by atoms with Gasteiger partial charge in [0.2, 0.25) is 0 Å². The molecule has 0 bridgehead atoms. The Bertz CT molecular complexity index is 836. The fraction of sp³-hybridized carbons (Fsp3) is 0.263. The Morgan fingerprint density at radius 3 is 2.48 bits per heavy atom. The Balaban J connectivity index is 2.12. The summed E-state index contributed by atoms with van der Waals surface area (Å²) in [5, 5.41) is 8.97. The smallest absolute Gasteiger partial charge is 0.137 e. The monoisotopic (exact) mass is 304 g/mol.